The molecule has 2 aromatic carbocycles. The highest BCUT2D eigenvalue weighted by atomic mass is 16.5. The Morgan fingerprint density at radius 1 is 1.13 bits per heavy atom. The van der Waals surface area contributed by atoms with Gasteiger partial charge in [0.2, 0.25) is 0 Å². The average Bonchev–Trinajstić information content (AvgIpc) is 2.98. The zero-order chi connectivity index (χ0) is 22.7. The minimum absolute atomic E-state index is 0.00787. The lowest BCUT2D eigenvalue weighted by molar-refractivity contribution is -0.140. The van der Waals surface area contributed by atoms with Gasteiger partial charge in [-0.1, -0.05) is 12.1 Å². The van der Waals surface area contributed by atoms with E-state index in [4.69, 9.17) is 9.47 Å². The number of phenolic OH excluding ortho intramolecular Hbond substituents is 1. The van der Waals surface area contributed by atoms with Gasteiger partial charge in [0.1, 0.15) is 17.3 Å². The number of amides is 1. The fraction of sp³-hybridized carbons (Fsp3) is 0.333. The van der Waals surface area contributed by atoms with Crippen LogP contribution in [0, 0.1) is 6.92 Å². The monoisotopic (exact) mass is 425 g/mol. The Morgan fingerprint density at radius 2 is 1.81 bits per heavy atom. The molecule has 0 bridgehead atoms. The predicted molar refractivity (Wildman–Crippen MR) is 116 cm³/mol. The number of hydrogen-bond donors (Lipinski definition) is 2. The van der Waals surface area contributed by atoms with Crippen molar-refractivity contribution in [3.05, 3.63) is 64.7 Å². The summed E-state index contributed by atoms with van der Waals surface area (Å²) in [5, 5.41) is 20.8. The molecular weight excluding hydrogens is 398 g/mol. The number of methoxy groups -OCH3 is 1. The minimum atomic E-state index is -0.794. The van der Waals surface area contributed by atoms with Crippen LogP contribution in [-0.2, 0) is 14.3 Å². The highest BCUT2D eigenvalue weighted by molar-refractivity contribution is 6.46. The summed E-state index contributed by atoms with van der Waals surface area (Å²) >= 11 is 0. The van der Waals surface area contributed by atoms with Gasteiger partial charge < -0.3 is 24.6 Å². The number of likely N-dealkylation sites (tertiary alicyclic amines) is 1. The fourth-order valence-electron chi connectivity index (χ4n) is 3.67. The number of aryl methyl sites for hydroxylation is 1. The highest BCUT2D eigenvalue weighted by Gasteiger charge is 2.46. The summed E-state index contributed by atoms with van der Waals surface area (Å²) in [6.07, 6.45) is -0.0223. The zero-order valence-electron chi connectivity index (χ0n) is 18.1. The molecule has 3 rings (SSSR count). The van der Waals surface area contributed by atoms with Gasteiger partial charge in [-0.05, 0) is 62.2 Å². The van der Waals surface area contributed by atoms with Crippen LogP contribution in [0.3, 0.4) is 0 Å². The van der Waals surface area contributed by atoms with E-state index in [2.05, 4.69) is 0 Å². The van der Waals surface area contributed by atoms with Crippen LogP contribution in [0.15, 0.2) is 48.0 Å². The molecule has 1 unspecified atom stereocenters. The van der Waals surface area contributed by atoms with Gasteiger partial charge in [-0.25, -0.2) is 0 Å². The SMILES string of the molecule is COc1ccc(/C(O)=C2/C(=O)C(=O)N(CCOC(C)C)C2c2ccc(O)cc2)c(C)c1. The first-order chi connectivity index (χ1) is 14.7. The number of aromatic hydroxyl groups is 1. The molecule has 0 aliphatic carbocycles. The number of carbonyl (C=O) groups excluding carboxylic acids is 2. The molecule has 2 aromatic rings. The number of carbonyl (C=O) groups is 2. The Balaban J connectivity index is 2.11. The predicted octanol–water partition coefficient (Wildman–Crippen LogP) is 3.56. The molecule has 0 radical (unpaired) electrons. The molecule has 1 aliphatic rings. The first-order valence-electron chi connectivity index (χ1n) is 10.1. The molecule has 7 nitrogen and oxygen atoms in total. The van der Waals surface area contributed by atoms with E-state index in [1.54, 1.807) is 44.4 Å². The Labute approximate surface area is 181 Å². The first kappa shape index (κ1) is 22.4. The Kier molecular flexibility index (Phi) is 6.65. The maximum Gasteiger partial charge on any atom is 0.295 e. The number of rotatable bonds is 7. The number of nitrogens with zero attached hydrogens (tertiary/aromatic N) is 1. The second kappa shape index (κ2) is 9.22. The van der Waals surface area contributed by atoms with Crippen molar-refractivity contribution >= 4 is 17.4 Å². The van der Waals surface area contributed by atoms with Crippen LogP contribution in [0.1, 0.15) is 36.6 Å². The second-order valence-electron chi connectivity index (χ2n) is 7.68. The standard InChI is InChI=1S/C24H27NO6/c1-14(2)31-12-11-25-21(16-5-7-17(26)8-6-16)20(23(28)24(25)29)22(27)19-10-9-18(30-4)13-15(19)3/h5-10,13-14,21,26-27H,11-12H2,1-4H3/b22-20-. The molecule has 31 heavy (non-hydrogen) atoms. The van der Waals surface area contributed by atoms with E-state index in [0.717, 1.165) is 0 Å². The van der Waals surface area contributed by atoms with Gasteiger partial charge in [0.25, 0.3) is 11.7 Å². The Morgan fingerprint density at radius 3 is 2.39 bits per heavy atom. The normalized spacial score (nSPS) is 18.1. The third-order valence-electron chi connectivity index (χ3n) is 5.22. The molecule has 2 N–H and O–H groups in total. The number of aliphatic hydroxyl groups excluding tert-OH is 1. The third kappa shape index (κ3) is 4.56. The van der Waals surface area contributed by atoms with Crippen molar-refractivity contribution in [2.24, 2.45) is 0 Å². The van der Waals surface area contributed by atoms with Crippen molar-refractivity contribution in [1.29, 1.82) is 0 Å². The molecule has 1 aliphatic heterocycles. The average molecular weight is 425 g/mol. The van der Waals surface area contributed by atoms with E-state index < -0.39 is 17.7 Å². The number of phenols is 1. The van der Waals surface area contributed by atoms with Crippen LogP contribution in [0.5, 0.6) is 11.5 Å². The largest absolute Gasteiger partial charge is 0.508 e. The lowest BCUT2D eigenvalue weighted by Crippen LogP contribution is -2.33. The lowest BCUT2D eigenvalue weighted by atomic mass is 9.94. The van der Waals surface area contributed by atoms with Crippen molar-refractivity contribution in [3.63, 3.8) is 0 Å². The van der Waals surface area contributed by atoms with E-state index in [-0.39, 0.29) is 36.3 Å². The Hall–Kier alpha value is -3.32. The highest BCUT2D eigenvalue weighted by Crippen LogP contribution is 2.40. The van der Waals surface area contributed by atoms with E-state index in [1.165, 1.54) is 17.0 Å². The maximum atomic E-state index is 13.0. The number of hydrogen-bond acceptors (Lipinski definition) is 6. The van der Waals surface area contributed by atoms with Gasteiger partial charge in [0, 0.05) is 12.1 Å². The van der Waals surface area contributed by atoms with Gasteiger partial charge in [0.05, 0.1) is 31.4 Å². The van der Waals surface area contributed by atoms with Crippen molar-refractivity contribution in [2.45, 2.75) is 32.9 Å². The number of ketones is 1. The quantitative estimate of drug-likeness (QED) is 0.400. The summed E-state index contributed by atoms with van der Waals surface area (Å²) in [6, 6.07) is 10.5. The van der Waals surface area contributed by atoms with Crippen LogP contribution in [-0.4, -0.2) is 53.2 Å². The van der Waals surface area contributed by atoms with Crippen LogP contribution in [0.4, 0.5) is 0 Å². The van der Waals surface area contributed by atoms with Crippen LogP contribution >= 0.6 is 0 Å². The van der Waals surface area contributed by atoms with E-state index in [9.17, 15) is 19.8 Å². The number of ether oxygens (including phenoxy) is 2. The lowest BCUT2D eigenvalue weighted by Gasteiger charge is -2.25. The van der Waals surface area contributed by atoms with Gasteiger partial charge in [-0.3, -0.25) is 9.59 Å². The van der Waals surface area contributed by atoms with Crippen molar-refractivity contribution < 1.29 is 29.3 Å². The van der Waals surface area contributed by atoms with Crippen molar-refractivity contribution in [3.8, 4) is 11.5 Å². The summed E-state index contributed by atoms with van der Waals surface area (Å²) in [4.78, 5) is 27.3. The molecule has 7 heteroatoms. The molecular formula is C24H27NO6. The fourth-order valence-corrected chi connectivity index (χ4v) is 3.67. The molecule has 1 saturated heterocycles. The van der Waals surface area contributed by atoms with E-state index in [1.807, 2.05) is 13.8 Å². The third-order valence-corrected chi connectivity index (χ3v) is 5.22. The number of benzene rings is 2. The molecule has 0 saturated carbocycles. The second-order valence-corrected chi connectivity index (χ2v) is 7.68. The minimum Gasteiger partial charge on any atom is -0.508 e. The number of Topliss-reactive ketones (excluding diaryl/α,β-unsaturated/α-hetero) is 1. The molecule has 1 atom stereocenters. The summed E-state index contributed by atoms with van der Waals surface area (Å²) in [5.74, 6) is -1.01. The van der Waals surface area contributed by atoms with Gasteiger partial charge in [-0.2, -0.15) is 0 Å². The Bertz CT molecular complexity index is 1010. The smallest absolute Gasteiger partial charge is 0.295 e. The van der Waals surface area contributed by atoms with Crippen LogP contribution in [0.25, 0.3) is 5.76 Å². The van der Waals surface area contributed by atoms with Crippen LogP contribution in [0.2, 0.25) is 0 Å². The van der Waals surface area contributed by atoms with E-state index in [0.29, 0.717) is 22.4 Å². The van der Waals surface area contributed by atoms with Crippen molar-refractivity contribution in [1.82, 2.24) is 4.90 Å². The first-order valence-corrected chi connectivity index (χ1v) is 10.1. The zero-order valence-corrected chi connectivity index (χ0v) is 18.1. The van der Waals surface area contributed by atoms with Crippen LogP contribution < -0.4 is 4.74 Å². The molecule has 164 valence electrons. The molecule has 0 aromatic heterocycles. The molecule has 1 fully saturated rings. The molecule has 0 spiro atoms. The molecule has 1 heterocycles. The number of aliphatic hydroxyl groups is 1. The summed E-state index contributed by atoms with van der Waals surface area (Å²) in [6.45, 7) is 6.00. The summed E-state index contributed by atoms with van der Waals surface area (Å²) < 4.78 is 10.8. The molecule has 1 amide bonds. The van der Waals surface area contributed by atoms with E-state index >= 15 is 0 Å². The van der Waals surface area contributed by atoms with Gasteiger partial charge in [0.15, 0.2) is 0 Å². The van der Waals surface area contributed by atoms with Gasteiger partial charge >= 0.3 is 0 Å². The maximum absolute atomic E-state index is 13.0. The van der Waals surface area contributed by atoms with Gasteiger partial charge in [-0.15, -0.1) is 0 Å². The summed E-state index contributed by atoms with van der Waals surface area (Å²) in [5.41, 5.74) is 1.76. The van der Waals surface area contributed by atoms with Crippen molar-refractivity contribution in [2.75, 3.05) is 20.3 Å². The summed E-state index contributed by atoms with van der Waals surface area (Å²) in [7, 11) is 1.55. The topological polar surface area (TPSA) is 96.3 Å².